The lowest BCUT2D eigenvalue weighted by Crippen LogP contribution is -2.03. The summed E-state index contributed by atoms with van der Waals surface area (Å²) < 4.78 is 5.91. The van der Waals surface area contributed by atoms with E-state index in [1.54, 1.807) is 0 Å². The van der Waals surface area contributed by atoms with Crippen molar-refractivity contribution in [3.8, 4) is 11.8 Å². The average molecular weight is 298 g/mol. The number of nitriles is 1. The van der Waals surface area contributed by atoms with Crippen LogP contribution in [-0.4, -0.2) is 11.6 Å². The van der Waals surface area contributed by atoms with Gasteiger partial charge in [0.25, 0.3) is 0 Å². The van der Waals surface area contributed by atoms with Crippen LogP contribution in [0, 0.1) is 25.2 Å². The molecule has 4 heteroatoms. The molecule has 1 heterocycles. The third-order valence-electron chi connectivity index (χ3n) is 3.73. The minimum atomic E-state index is 0.532. The molecule has 0 saturated heterocycles. The SMILES string of the molecule is Cc1cccc(C)c1OCCc1nc(C2CC2)c(C#N)s1. The fraction of sp³-hybridized carbons (Fsp3) is 0.412. The van der Waals surface area contributed by atoms with Crippen LogP contribution in [0.4, 0.5) is 0 Å². The zero-order valence-electron chi connectivity index (χ0n) is 12.3. The van der Waals surface area contributed by atoms with E-state index in [2.05, 4.69) is 37.0 Å². The molecule has 3 rings (SSSR count). The molecular formula is C17H18N2OS. The fourth-order valence-corrected chi connectivity index (χ4v) is 3.39. The number of hydrogen-bond acceptors (Lipinski definition) is 4. The van der Waals surface area contributed by atoms with Gasteiger partial charge >= 0.3 is 0 Å². The van der Waals surface area contributed by atoms with Crippen molar-refractivity contribution < 1.29 is 4.74 Å². The highest BCUT2D eigenvalue weighted by Gasteiger charge is 2.29. The number of ether oxygens (including phenoxy) is 1. The molecule has 21 heavy (non-hydrogen) atoms. The van der Waals surface area contributed by atoms with Crippen LogP contribution in [0.25, 0.3) is 0 Å². The third kappa shape index (κ3) is 3.08. The van der Waals surface area contributed by atoms with Gasteiger partial charge in [0.15, 0.2) is 0 Å². The molecule has 0 unspecified atom stereocenters. The molecule has 2 aromatic rings. The van der Waals surface area contributed by atoms with Gasteiger partial charge in [-0.3, -0.25) is 0 Å². The number of thiazole rings is 1. The van der Waals surface area contributed by atoms with Crippen molar-refractivity contribution in [2.45, 2.75) is 39.0 Å². The molecule has 0 spiro atoms. The largest absolute Gasteiger partial charge is 0.493 e. The number of nitrogens with zero attached hydrogens (tertiary/aromatic N) is 2. The van der Waals surface area contributed by atoms with Crippen molar-refractivity contribution >= 4 is 11.3 Å². The average Bonchev–Trinajstić information content (AvgIpc) is 3.23. The second-order valence-corrected chi connectivity index (χ2v) is 6.61. The van der Waals surface area contributed by atoms with Crippen LogP contribution in [-0.2, 0) is 6.42 Å². The molecule has 0 N–H and O–H groups in total. The number of aromatic nitrogens is 1. The number of hydrogen-bond donors (Lipinski definition) is 0. The van der Waals surface area contributed by atoms with Crippen LogP contribution in [0.2, 0.25) is 0 Å². The van der Waals surface area contributed by atoms with Crippen molar-refractivity contribution in [3.63, 3.8) is 0 Å². The van der Waals surface area contributed by atoms with Gasteiger partial charge in [0.05, 0.1) is 17.3 Å². The van der Waals surface area contributed by atoms with Crippen LogP contribution in [0.5, 0.6) is 5.75 Å². The van der Waals surface area contributed by atoms with Gasteiger partial charge in [-0.05, 0) is 37.8 Å². The van der Waals surface area contributed by atoms with E-state index in [1.807, 2.05) is 6.07 Å². The monoisotopic (exact) mass is 298 g/mol. The minimum absolute atomic E-state index is 0.532. The predicted molar refractivity (Wildman–Crippen MR) is 83.9 cm³/mol. The Kier molecular flexibility index (Phi) is 3.94. The molecule has 0 radical (unpaired) electrons. The molecule has 0 bridgehead atoms. The van der Waals surface area contributed by atoms with Crippen LogP contribution >= 0.6 is 11.3 Å². The smallest absolute Gasteiger partial charge is 0.128 e. The van der Waals surface area contributed by atoms with Crippen molar-refractivity contribution in [1.29, 1.82) is 5.26 Å². The first-order valence-electron chi connectivity index (χ1n) is 7.27. The van der Waals surface area contributed by atoms with Gasteiger partial charge in [-0.1, -0.05) is 18.2 Å². The summed E-state index contributed by atoms with van der Waals surface area (Å²) in [5, 5.41) is 10.2. The molecule has 1 aromatic heterocycles. The summed E-state index contributed by atoms with van der Waals surface area (Å²) in [4.78, 5) is 5.43. The zero-order chi connectivity index (χ0) is 14.8. The van der Waals surface area contributed by atoms with Crippen molar-refractivity contribution in [1.82, 2.24) is 4.98 Å². The van der Waals surface area contributed by atoms with Crippen LogP contribution in [0.1, 0.15) is 45.5 Å². The Morgan fingerprint density at radius 3 is 2.67 bits per heavy atom. The first kappa shape index (κ1) is 14.1. The second-order valence-electron chi connectivity index (χ2n) is 5.53. The normalized spacial score (nSPS) is 14.0. The summed E-state index contributed by atoms with van der Waals surface area (Å²) in [6.07, 6.45) is 3.12. The molecule has 0 amide bonds. The summed E-state index contributed by atoms with van der Waals surface area (Å²) in [6, 6.07) is 8.44. The van der Waals surface area contributed by atoms with Crippen molar-refractivity contribution in [2.24, 2.45) is 0 Å². The Morgan fingerprint density at radius 1 is 1.33 bits per heavy atom. The summed E-state index contributed by atoms with van der Waals surface area (Å²) >= 11 is 1.52. The van der Waals surface area contributed by atoms with E-state index in [1.165, 1.54) is 24.2 Å². The Bertz CT molecular complexity index is 675. The van der Waals surface area contributed by atoms with Crippen LogP contribution in [0.3, 0.4) is 0 Å². The van der Waals surface area contributed by atoms with E-state index >= 15 is 0 Å². The molecule has 1 aliphatic carbocycles. The molecule has 1 saturated carbocycles. The van der Waals surface area contributed by atoms with E-state index in [4.69, 9.17) is 4.74 Å². The van der Waals surface area contributed by atoms with Gasteiger partial charge < -0.3 is 4.74 Å². The van der Waals surface area contributed by atoms with E-state index in [0.717, 1.165) is 38.9 Å². The number of rotatable bonds is 5. The van der Waals surface area contributed by atoms with E-state index in [-0.39, 0.29) is 0 Å². The zero-order valence-corrected chi connectivity index (χ0v) is 13.2. The van der Waals surface area contributed by atoms with E-state index in [9.17, 15) is 5.26 Å². The Balaban J connectivity index is 1.64. The molecule has 0 atom stereocenters. The lowest BCUT2D eigenvalue weighted by molar-refractivity contribution is 0.317. The standard InChI is InChI=1S/C17H18N2OS/c1-11-4-3-5-12(2)17(11)20-9-8-15-19-16(13-6-7-13)14(10-18)21-15/h3-5,13H,6-9H2,1-2H3. The van der Waals surface area contributed by atoms with Gasteiger partial charge in [0.1, 0.15) is 16.7 Å². The van der Waals surface area contributed by atoms with Crippen molar-refractivity contribution in [2.75, 3.05) is 6.61 Å². The maximum absolute atomic E-state index is 9.17. The van der Waals surface area contributed by atoms with Crippen LogP contribution < -0.4 is 4.74 Å². The molecular weight excluding hydrogens is 280 g/mol. The lowest BCUT2D eigenvalue weighted by atomic mass is 10.1. The molecule has 1 aliphatic rings. The lowest BCUT2D eigenvalue weighted by Gasteiger charge is -2.10. The summed E-state index contributed by atoms with van der Waals surface area (Å²) in [5.74, 6) is 1.50. The fourth-order valence-electron chi connectivity index (χ4n) is 2.47. The highest BCUT2D eigenvalue weighted by Crippen LogP contribution is 2.42. The van der Waals surface area contributed by atoms with Gasteiger partial charge in [-0.15, -0.1) is 11.3 Å². The molecule has 1 fully saturated rings. The van der Waals surface area contributed by atoms with Gasteiger partial charge in [-0.25, -0.2) is 4.98 Å². The predicted octanol–water partition coefficient (Wildman–Crippen LogP) is 4.13. The highest BCUT2D eigenvalue weighted by atomic mass is 32.1. The van der Waals surface area contributed by atoms with Crippen molar-refractivity contribution in [3.05, 3.63) is 44.9 Å². The molecule has 108 valence electrons. The Morgan fingerprint density at radius 2 is 2.05 bits per heavy atom. The van der Waals surface area contributed by atoms with E-state index in [0.29, 0.717) is 12.5 Å². The maximum atomic E-state index is 9.17. The quantitative estimate of drug-likeness (QED) is 0.833. The number of benzene rings is 1. The first-order valence-corrected chi connectivity index (χ1v) is 8.09. The number of para-hydroxylation sites is 1. The topological polar surface area (TPSA) is 45.9 Å². The highest BCUT2D eigenvalue weighted by molar-refractivity contribution is 7.12. The second kappa shape index (κ2) is 5.87. The van der Waals surface area contributed by atoms with Gasteiger partial charge in [0, 0.05) is 12.3 Å². The van der Waals surface area contributed by atoms with E-state index < -0.39 is 0 Å². The maximum Gasteiger partial charge on any atom is 0.128 e. The summed E-state index contributed by atoms with van der Waals surface area (Å²) in [5.41, 5.74) is 3.33. The van der Waals surface area contributed by atoms with Gasteiger partial charge in [0.2, 0.25) is 0 Å². The molecule has 3 nitrogen and oxygen atoms in total. The van der Waals surface area contributed by atoms with Gasteiger partial charge in [-0.2, -0.15) is 5.26 Å². The first-order chi connectivity index (χ1) is 10.2. The Hall–Kier alpha value is -1.86. The minimum Gasteiger partial charge on any atom is -0.493 e. The molecule has 0 aliphatic heterocycles. The summed E-state index contributed by atoms with van der Waals surface area (Å²) in [7, 11) is 0. The third-order valence-corrected chi connectivity index (χ3v) is 4.77. The summed E-state index contributed by atoms with van der Waals surface area (Å²) in [6.45, 7) is 4.73. The Labute approximate surface area is 129 Å². The number of aryl methyl sites for hydroxylation is 2. The molecule has 1 aromatic carbocycles. The van der Waals surface area contributed by atoms with Crippen LogP contribution in [0.15, 0.2) is 18.2 Å².